The molecule has 1 heterocycles. The average molecular weight is 291 g/mol. The van der Waals surface area contributed by atoms with Crippen molar-refractivity contribution in [3.63, 3.8) is 0 Å². The first-order valence-electron chi connectivity index (χ1n) is 8.44. The molecular weight excluding hydrogens is 270 g/mol. The summed E-state index contributed by atoms with van der Waals surface area (Å²) in [7, 11) is 0. The first kappa shape index (κ1) is 12.7. The first-order valence-corrected chi connectivity index (χ1v) is 8.44. The van der Waals surface area contributed by atoms with Crippen molar-refractivity contribution in [1.29, 1.82) is 0 Å². The Kier molecular flexibility index (Phi) is 2.52. The molecule has 3 aromatic rings. The monoisotopic (exact) mass is 291 g/mol. The summed E-state index contributed by atoms with van der Waals surface area (Å²) >= 11 is 0. The molecule has 5 rings (SSSR count). The Balaban J connectivity index is 1.69. The molecule has 1 aromatic heterocycles. The Bertz CT molecular complexity index is 868. The molecule has 0 aliphatic heterocycles. The quantitative estimate of drug-likeness (QED) is 0.763. The van der Waals surface area contributed by atoms with Crippen molar-refractivity contribution in [2.75, 3.05) is 0 Å². The van der Waals surface area contributed by atoms with Crippen molar-refractivity contribution in [2.24, 2.45) is 5.92 Å². The van der Waals surface area contributed by atoms with Gasteiger partial charge in [-0.25, -0.2) is 0 Å². The lowest BCUT2D eigenvalue weighted by molar-refractivity contribution is 0.151. The molecule has 1 N–H and O–H groups in total. The molecule has 2 aliphatic rings. The summed E-state index contributed by atoms with van der Waals surface area (Å²) in [5, 5.41) is 12.9. The fourth-order valence-corrected chi connectivity index (χ4v) is 3.67. The number of benzene rings is 2. The maximum atomic E-state index is 10.2. The first-order chi connectivity index (χ1) is 10.7. The summed E-state index contributed by atoms with van der Waals surface area (Å²) in [6, 6.07) is 15.5. The van der Waals surface area contributed by atoms with E-state index < -0.39 is 5.60 Å². The van der Waals surface area contributed by atoms with Crippen molar-refractivity contribution in [2.45, 2.75) is 44.2 Å². The zero-order valence-corrected chi connectivity index (χ0v) is 12.8. The van der Waals surface area contributed by atoms with Gasteiger partial charge in [0.05, 0.1) is 5.60 Å². The van der Waals surface area contributed by atoms with E-state index in [1.165, 1.54) is 40.2 Å². The second-order valence-electron chi connectivity index (χ2n) is 7.32. The van der Waals surface area contributed by atoms with E-state index in [2.05, 4.69) is 47.0 Å². The van der Waals surface area contributed by atoms with Crippen LogP contribution in [0.25, 0.3) is 21.8 Å². The predicted molar refractivity (Wildman–Crippen MR) is 90.1 cm³/mol. The molecule has 0 amide bonds. The minimum Gasteiger partial charge on any atom is -0.390 e. The number of para-hydroxylation sites is 1. The number of fused-ring (bicyclic) bond motifs is 3. The average Bonchev–Trinajstić information content (AvgIpc) is 3.44. The summed E-state index contributed by atoms with van der Waals surface area (Å²) in [6.07, 6.45) is 5.45. The molecule has 0 bridgehead atoms. The highest BCUT2D eigenvalue weighted by molar-refractivity contribution is 6.08. The van der Waals surface area contributed by atoms with Crippen molar-refractivity contribution in [1.82, 2.24) is 4.57 Å². The van der Waals surface area contributed by atoms with Gasteiger partial charge in [0, 0.05) is 34.8 Å². The summed E-state index contributed by atoms with van der Waals surface area (Å²) in [6.45, 7) is 1.15. The fourth-order valence-electron chi connectivity index (χ4n) is 3.67. The van der Waals surface area contributed by atoms with Gasteiger partial charge in [0.25, 0.3) is 0 Å². The van der Waals surface area contributed by atoms with E-state index in [0.29, 0.717) is 0 Å². The van der Waals surface area contributed by atoms with Gasteiger partial charge in [-0.2, -0.15) is 0 Å². The molecule has 112 valence electrons. The molecule has 0 atom stereocenters. The lowest BCUT2D eigenvalue weighted by Crippen LogP contribution is -2.10. The number of aromatic nitrogens is 1. The van der Waals surface area contributed by atoms with Gasteiger partial charge in [-0.3, -0.25) is 0 Å². The second-order valence-corrected chi connectivity index (χ2v) is 7.32. The Hall–Kier alpha value is -1.80. The van der Waals surface area contributed by atoms with Crippen LogP contribution in [0.3, 0.4) is 0 Å². The van der Waals surface area contributed by atoms with E-state index in [0.717, 1.165) is 31.7 Å². The van der Waals surface area contributed by atoms with Crippen LogP contribution in [0.1, 0.15) is 31.2 Å². The van der Waals surface area contributed by atoms with Crippen molar-refractivity contribution >= 4 is 21.8 Å². The van der Waals surface area contributed by atoms with E-state index >= 15 is 0 Å². The normalized spacial score (nSPS) is 19.9. The number of rotatable bonds is 4. The van der Waals surface area contributed by atoms with Gasteiger partial charge in [0.15, 0.2) is 0 Å². The largest absolute Gasteiger partial charge is 0.390 e. The molecule has 0 saturated heterocycles. The smallest absolute Gasteiger partial charge is 0.0690 e. The van der Waals surface area contributed by atoms with Gasteiger partial charge in [0.1, 0.15) is 0 Å². The van der Waals surface area contributed by atoms with Crippen LogP contribution in [0.15, 0.2) is 42.5 Å². The summed E-state index contributed by atoms with van der Waals surface area (Å²) in [5.74, 6) is 0.867. The Labute approximate surface area is 130 Å². The molecule has 2 heteroatoms. The second kappa shape index (κ2) is 4.36. The minimum absolute atomic E-state index is 0.417. The van der Waals surface area contributed by atoms with E-state index in [1.807, 2.05) is 0 Å². The van der Waals surface area contributed by atoms with Gasteiger partial charge in [-0.05, 0) is 55.4 Å². The van der Waals surface area contributed by atoms with Crippen LogP contribution in [-0.4, -0.2) is 15.3 Å². The summed E-state index contributed by atoms with van der Waals surface area (Å²) in [5.41, 5.74) is 3.55. The van der Waals surface area contributed by atoms with Gasteiger partial charge < -0.3 is 9.67 Å². The van der Waals surface area contributed by atoms with Crippen LogP contribution in [0.4, 0.5) is 0 Å². The molecule has 2 saturated carbocycles. The Morgan fingerprint density at radius 3 is 2.55 bits per heavy atom. The molecule has 2 fully saturated rings. The van der Waals surface area contributed by atoms with Gasteiger partial charge in [-0.15, -0.1) is 0 Å². The third-order valence-electron chi connectivity index (χ3n) is 5.33. The lowest BCUT2D eigenvalue weighted by atomic mass is 10.0. The minimum atomic E-state index is -0.417. The molecule has 2 nitrogen and oxygen atoms in total. The van der Waals surface area contributed by atoms with Crippen LogP contribution >= 0.6 is 0 Å². The summed E-state index contributed by atoms with van der Waals surface area (Å²) < 4.78 is 2.50. The summed E-state index contributed by atoms with van der Waals surface area (Å²) in [4.78, 5) is 0. The molecule has 0 unspecified atom stereocenters. The predicted octanol–water partition coefficient (Wildman–Crippen LogP) is 4.27. The van der Waals surface area contributed by atoms with Gasteiger partial charge in [0.2, 0.25) is 0 Å². The Morgan fingerprint density at radius 1 is 1.00 bits per heavy atom. The van der Waals surface area contributed by atoms with E-state index in [4.69, 9.17) is 0 Å². The van der Waals surface area contributed by atoms with Crippen LogP contribution in [0, 0.1) is 5.92 Å². The molecular formula is C20H21NO. The fraction of sp³-hybridized carbons (Fsp3) is 0.400. The van der Waals surface area contributed by atoms with Crippen molar-refractivity contribution in [3.8, 4) is 0 Å². The maximum absolute atomic E-state index is 10.2. The van der Waals surface area contributed by atoms with Crippen LogP contribution < -0.4 is 0 Å². The zero-order valence-electron chi connectivity index (χ0n) is 12.8. The molecule has 22 heavy (non-hydrogen) atoms. The molecule has 2 aromatic carbocycles. The van der Waals surface area contributed by atoms with Crippen molar-refractivity contribution < 1.29 is 5.11 Å². The third-order valence-corrected chi connectivity index (χ3v) is 5.33. The van der Waals surface area contributed by atoms with Crippen LogP contribution in [-0.2, 0) is 13.0 Å². The van der Waals surface area contributed by atoms with Crippen LogP contribution in [0.5, 0.6) is 0 Å². The lowest BCUT2D eigenvalue weighted by Gasteiger charge is -2.09. The number of nitrogens with zero attached hydrogens (tertiary/aromatic N) is 1. The number of hydrogen-bond donors (Lipinski definition) is 1. The van der Waals surface area contributed by atoms with E-state index in [1.54, 1.807) is 0 Å². The highest BCUT2D eigenvalue weighted by Gasteiger charge is 2.40. The van der Waals surface area contributed by atoms with Crippen LogP contribution in [0.2, 0.25) is 0 Å². The van der Waals surface area contributed by atoms with E-state index in [9.17, 15) is 5.11 Å². The SMILES string of the molecule is OC1(Cc2ccc3c(c2)c2ccccc2n3CC2CC2)CC1. The standard InChI is InChI=1S/C20H21NO/c22-20(9-10-20)12-15-7-8-19-17(11-15)16-3-1-2-4-18(16)21(19)13-14-5-6-14/h1-4,7-8,11,14,22H,5-6,9-10,12-13H2. The number of hydrogen-bond acceptors (Lipinski definition) is 1. The Morgan fingerprint density at radius 2 is 1.77 bits per heavy atom. The molecule has 0 spiro atoms. The zero-order chi connectivity index (χ0) is 14.7. The topological polar surface area (TPSA) is 25.2 Å². The van der Waals surface area contributed by atoms with E-state index in [-0.39, 0.29) is 0 Å². The van der Waals surface area contributed by atoms with Crippen molar-refractivity contribution in [3.05, 3.63) is 48.0 Å². The van der Waals surface area contributed by atoms with Gasteiger partial charge >= 0.3 is 0 Å². The molecule has 0 radical (unpaired) electrons. The number of aliphatic hydroxyl groups is 1. The highest BCUT2D eigenvalue weighted by atomic mass is 16.3. The van der Waals surface area contributed by atoms with Gasteiger partial charge in [-0.1, -0.05) is 24.3 Å². The third kappa shape index (κ3) is 2.05. The molecule has 2 aliphatic carbocycles. The highest BCUT2D eigenvalue weighted by Crippen LogP contribution is 2.40. The maximum Gasteiger partial charge on any atom is 0.0690 e.